The Labute approximate surface area is 376 Å². The molecule has 326 valence electrons. The van der Waals surface area contributed by atoms with E-state index in [4.69, 9.17) is 18.9 Å². The highest BCUT2D eigenvalue weighted by Gasteiger charge is 2.24. The minimum Gasteiger partial charge on any atom is -0.493 e. The lowest BCUT2D eigenvalue weighted by molar-refractivity contribution is -0.114. The molecule has 5 aromatic rings. The van der Waals surface area contributed by atoms with Crippen molar-refractivity contribution in [3.8, 4) is 23.0 Å². The number of carbonyl (C=O) groups excluding carboxylic acids is 2. The van der Waals surface area contributed by atoms with Crippen LogP contribution in [0.15, 0.2) is 84.9 Å². The number of benzene rings is 5. The first kappa shape index (κ1) is 45.0. The maximum Gasteiger partial charge on any atom is 0.234 e. The lowest BCUT2D eigenvalue weighted by atomic mass is 9.90. The Balaban J connectivity index is 1.48. The summed E-state index contributed by atoms with van der Waals surface area (Å²) in [5.41, 5.74) is 11.8. The first-order valence-electron chi connectivity index (χ1n) is 22.2. The summed E-state index contributed by atoms with van der Waals surface area (Å²) in [5, 5.41) is 6.55. The Bertz CT molecular complexity index is 2100. The molecular weight excluding hydrogens is 813 g/mol. The van der Waals surface area contributed by atoms with Gasteiger partial charge in [0.2, 0.25) is 11.8 Å². The highest BCUT2D eigenvalue weighted by atomic mass is 32.2. The monoisotopic (exact) mass is 872 g/mol. The van der Waals surface area contributed by atoms with Crippen molar-refractivity contribution in [1.29, 1.82) is 0 Å². The van der Waals surface area contributed by atoms with Crippen molar-refractivity contribution in [2.45, 2.75) is 90.6 Å². The molecule has 1 aliphatic carbocycles. The van der Waals surface area contributed by atoms with Gasteiger partial charge >= 0.3 is 0 Å². The third kappa shape index (κ3) is 11.7. The first-order chi connectivity index (χ1) is 30.3. The molecule has 0 fully saturated rings. The molecule has 62 heavy (non-hydrogen) atoms. The number of ether oxygens (including phenoxy) is 4. The smallest absolute Gasteiger partial charge is 0.234 e. The van der Waals surface area contributed by atoms with E-state index >= 15 is 0 Å². The molecular formula is C52H60N2O6S2. The van der Waals surface area contributed by atoms with Gasteiger partial charge in [-0.2, -0.15) is 0 Å². The Morgan fingerprint density at radius 1 is 0.419 bits per heavy atom. The number of fused-ring (bicyclic) bond motifs is 8. The van der Waals surface area contributed by atoms with Crippen LogP contribution in [0.3, 0.4) is 0 Å². The van der Waals surface area contributed by atoms with Gasteiger partial charge < -0.3 is 29.6 Å². The highest BCUT2D eigenvalue weighted by Crippen LogP contribution is 2.41. The normalized spacial score (nSPS) is 14.3. The number of thioether (sulfide) groups is 2. The van der Waals surface area contributed by atoms with Gasteiger partial charge in [0.25, 0.3) is 0 Å². The van der Waals surface area contributed by atoms with Crippen LogP contribution in [-0.4, -0.2) is 49.7 Å². The molecule has 8 rings (SSSR count). The van der Waals surface area contributed by atoms with Gasteiger partial charge in [0.1, 0.15) is 23.0 Å². The van der Waals surface area contributed by atoms with Crippen molar-refractivity contribution >= 4 is 46.7 Å². The number of para-hydroxylation sites is 2. The predicted octanol–water partition coefficient (Wildman–Crippen LogP) is 11.6. The van der Waals surface area contributed by atoms with Gasteiger partial charge in [-0.15, -0.1) is 23.5 Å². The Morgan fingerprint density at radius 2 is 0.726 bits per heavy atom. The van der Waals surface area contributed by atoms with E-state index in [2.05, 4.69) is 123 Å². The van der Waals surface area contributed by atoms with E-state index in [1.807, 2.05) is 0 Å². The summed E-state index contributed by atoms with van der Waals surface area (Å²) in [6, 6.07) is 29.5. The van der Waals surface area contributed by atoms with E-state index < -0.39 is 0 Å². The molecule has 2 N–H and O–H groups in total. The van der Waals surface area contributed by atoms with Gasteiger partial charge in [-0.1, -0.05) is 88.4 Å². The molecule has 0 atom stereocenters. The summed E-state index contributed by atoms with van der Waals surface area (Å²) >= 11 is 3.18. The van der Waals surface area contributed by atoms with Crippen LogP contribution < -0.4 is 29.6 Å². The van der Waals surface area contributed by atoms with E-state index in [9.17, 15) is 9.59 Å². The molecule has 8 nitrogen and oxygen atoms in total. The molecule has 12 bridgehead atoms. The minimum atomic E-state index is -0.0620. The minimum absolute atomic E-state index is 0.0620. The van der Waals surface area contributed by atoms with Crippen LogP contribution in [0.25, 0.3) is 0 Å². The van der Waals surface area contributed by atoms with Gasteiger partial charge in [0.15, 0.2) is 0 Å². The van der Waals surface area contributed by atoms with Crippen molar-refractivity contribution < 1.29 is 28.5 Å². The number of hydrogen-bond donors (Lipinski definition) is 2. The third-order valence-corrected chi connectivity index (χ3v) is 12.7. The molecule has 5 aromatic carbocycles. The van der Waals surface area contributed by atoms with E-state index in [1.54, 1.807) is 23.5 Å². The molecule has 0 spiro atoms. The van der Waals surface area contributed by atoms with E-state index in [0.717, 1.165) is 116 Å². The maximum atomic E-state index is 13.7. The second-order valence-corrected chi connectivity index (χ2v) is 18.0. The summed E-state index contributed by atoms with van der Waals surface area (Å²) in [4.78, 5) is 27.5. The molecule has 2 amide bonds. The van der Waals surface area contributed by atoms with Gasteiger partial charge in [0, 0.05) is 70.8 Å². The number of anilines is 2. The number of amides is 2. The summed E-state index contributed by atoms with van der Waals surface area (Å²) < 4.78 is 26.9. The second kappa shape index (κ2) is 22.3. The fourth-order valence-electron chi connectivity index (χ4n) is 8.12. The van der Waals surface area contributed by atoms with Gasteiger partial charge in [-0.05, 0) is 83.3 Å². The third-order valence-electron chi connectivity index (χ3n) is 10.7. The lowest BCUT2D eigenvalue weighted by Crippen LogP contribution is -2.16. The Hall–Kier alpha value is -5.06. The predicted molar refractivity (Wildman–Crippen MR) is 256 cm³/mol. The first-order valence-corrected chi connectivity index (χ1v) is 24.5. The molecule has 0 saturated carbocycles. The fraction of sp³-hybridized carbons (Fsp3) is 0.385. The standard InChI is InChI=1S/C52H60N2O6S2/c1-5-18-57-49-37-14-10-15-38(49)24-42-28-46-30-44(52(42)60-21-8-4)26-40-17-11-16-39(50(40)58-19-6-2)25-43-29-45(27-41(23-37)51(43)59-20-7-3)53-47(55)33-61-31-35-12-9-13-36(22-35)32-62-34-48(56)54-46/h9-17,22,27-30H,5-8,18-21,23-26,31-34H2,1-4H3,(H,53,55)(H,54,56). The average molecular weight is 873 g/mol. The zero-order valence-electron chi connectivity index (χ0n) is 36.7. The molecule has 0 saturated heterocycles. The molecule has 10 heteroatoms. The van der Waals surface area contributed by atoms with Crippen molar-refractivity contribution in [2.24, 2.45) is 0 Å². The number of nitrogens with one attached hydrogen (secondary N) is 2. The van der Waals surface area contributed by atoms with Crippen LogP contribution in [0.5, 0.6) is 23.0 Å². The van der Waals surface area contributed by atoms with Crippen LogP contribution in [0.1, 0.15) is 109 Å². The quantitative estimate of drug-likeness (QED) is 0.126. The van der Waals surface area contributed by atoms with E-state index in [0.29, 0.717) is 75.1 Å². The SMILES string of the molecule is CCCOc1c2cccc1Cc1cc3cc(c1OCCC)Cc1cccc(c1OCCC)Cc1cc(cc(c1OCCC)C2)NC(=O)CSCc1cccc(c1)CSCC(=O)N3. The van der Waals surface area contributed by atoms with Crippen LogP contribution in [0.2, 0.25) is 0 Å². The average Bonchev–Trinajstić information content (AvgIpc) is 3.25. The van der Waals surface area contributed by atoms with Crippen molar-refractivity contribution in [3.05, 3.63) is 141 Å². The number of hydrogen-bond acceptors (Lipinski definition) is 8. The van der Waals surface area contributed by atoms with Crippen LogP contribution in [0.4, 0.5) is 11.4 Å². The molecule has 0 unspecified atom stereocenters. The molecule has 0 aromatic heterocycles. The fourth-order valence-corrected chi connectivity index (χ4v) is 9.67. The van der Waals surface area contributed by atoms with Gasteiger partial charge in [-0.3, -0.25) is 9.59 Å². The number of rotatable bonds is 12. The second-order valence-electron chi connectivity index (χ2n) is 16.1. The number of carbonyl (C=O) groups is 2. The molecule has 2 aliphatic heterocycles. The van der Waals surface area contributed by atoms with E-state index in [-0.39, 0.29) is 11.8 Å². The molecule has 0 radical (unpaired) electrons. The molecule has 2 heterocycles. The van der Waals surface area contributed by atoms with Crippen molar-refractivity contribution in [1.82, 2.24) is 0 Å². The summed E-state index contributed by atoms with van der Waals surface area (Å²) in [6.07, 6.45) is 5.47. The zero-order valence-corrected chi connectivity index (χ0v) is 38.3. The van der Waals surface area contributed by atoms with Gasteiger partial charge in [0.05, 0.1) is 37.9 Å². The highest BCUT2D eigenvalue weighted by molar-refractivity contribution is 7.99. The zero-order chi connectivity index (χ0) is 43.3. The largest absolute Gasteiger partial charge is 0.493 e. The van der Waals surface area contributed by atoms with E-state index in [1.165, 1.54) is 0 Å². The van der Waals surface area contributed by atoms with Crippen molar-refractivity contribution in [2.75, 3.05) is 48.6 Å². The lowest BCUT2D eigenvalue weighted by Gasteiger charge is -2.24. The summed E-state index contributed by atoms with van der Waals surface area (Å²) in [6.45, 7) is 10.7. The van der Waals surface area contributed by atoms with Crippen molar-refractivity contribution in [3.63, 3.8) is 0 Å². The maximum absolute atomic E-state index is 13.7. The van der Waals surface area contributed by atoms with Crippen LogP contribution in [0, 0.1) is 0 Å². The topological polar surface area (TPSA) is 95.1 Å². The molecule has 3 aliphatic rings. The van der Waals surface area contributed by atoms with Gasteiger partial charge in [-0.25, -0.2) is 0 Å². The summed E-state index contributed by atoms with van der Waals surface area (Å²) in [7, 11) is 0. The Morgan fingerprint density at radius 3 is 1.05 bits per heavy atom. The van der Waals surface area contributed by atoms with Crippen LogP contribution >= 0.6 is 23.5 Å². The Kier molecular flexibility index (Phi) is 16.2. The summed E-state index contributed by atoms with van der Waals surface area (Å²) in [5.74, 6) is 5.20. The van der Waals surface area contributed by atoms with Crippen LogP contribution in [-0.2, 0) is 46.8 Å².